The molecule has 0 saturated carbocycles. The van der Waals surface area contributed by atoms with Crippen molar-refractivity contribution in [3.63, 3.8) is 0 Å². The summed E-state index contributed by atoms with van der Waals surface area (Å²) >= 11 is 0. The summed E-state index contributed by atoms with van der Waals surface area (Å²) < 4.78 is 18.5. The third-order valence-electron chi connectivity index (χ3n) is 8.17. The highest BCUT2D eigenvalue weighted by Crippen LogP contribution is 2.31. The summed E-state index contributed by atoms with van der Waals surface area (Å²) in [5.41, 5.74) is 2.91. The average molecular weight is 584 g/mol. The fraction of sp³-hybridized carbons (Fsp3) is 0.364. The lowest BCUT2D eigenvalue weighted by molar-refractivity contribution is 0.0952. The second-order valence-corrected chi connectivity index (χ2v) is 10.9. The zero-order chi connectivity index (χ0) is 29.6. The van der Waals surface area contributed by atoms with Crippen molar-refractivity contribution < 1.29 is 19.0 Å². The van der Waals surface area contributed by atoms with Gasteiger partial charge in [-0.2, -0.15) is 0 Å². The standard InChI is InChI=1S/C33H37N5O5/c1-41-26-5-6-27-28(33(40)36-22-24-3-2-10-34-20-24)19-32(39)38(29(27)18-26)14-13-37-11-8-25(9-12-37)35-21-23-4-7-30-31(17-23)43-16-15-42-30/h2-7,10,17-20,25,35H,8-9,11-16,21-22H2,1H3,(H,36,40). The Hall–Kier alpha value is -4.41. The molecule has 10 nitrogen and oxygen atoms in total. The van der Waals surface area contributed by atoms with Crippen molar-refractivity contribution in [3.8, 4) is 17.2 Å². The molecular formula is C33H37N5O5. The summed E-state index contributed by atoms with van der Waals surface area (Å²) in [6.07, 6.45) is 5.46. The average Bonchev–Trinajstić information content (AvgIpc) is 3.06. The molecule has 43 heavy (non-hydrogen) atoms. The molecule has 2 N–H and O–H groups in total. The Balaban J connectivity index is 1.07. The number of amides is 1. The summed E-state index contributed by atoms with van der Waals surface area (Å²) in [6.45, 7) is 5.46. The summed E-state index contributed by atoms with van der Waals surface area (Å²) in [5, 5.41) is 7.32. The van der Waals surface area contributed by atoms with E-state index in [9.17, 15) is 9.59 Å². The van der Waals surface area contributed by atoms with Crippen LogP contribution in [0.15, 0.2) is 71.8 Å². The number of methoxy groups -OCH3 is 1. The van der Waals surface area contributed by atoms with Crippen molar-refractivity contribution in [2.24, 2.45) is 0 Å². The molecule has 0 atom stereocenters. The number of nitrogens with one attached hydrogen (secondary N) is 2. The summed E-state index contributed by atoms with van der Waals surface area (Å²) in [5.74, 6) is 1.97. The van der Waals surface area contributed by atoms with Crippen LogP contribution in [0.1, 0.15) is 34.3 Å². The zero-order valence-electron chi connectivity index (χ0n) is 24.4. The minimum atomic E-state index is -0.297. The second kappa shape index (κ2) is 13.3. The molecule has 6 rings (SSSR count). The molecule has 10 heteroatoms. The second-order valence-electron chi connectivity index (χ2n) is 10.9. The van der Waals surface area contributed by atoms with Gasteiger partial charge in [0.15, 0.2) is 11.5 Å². The van der Waals surface area contributed by atoms with Crippen LogP contribution in [0, 0.1) is 0 Å². The first-order valence-corrected chi connectivity index (χ1v) is 14.8. The maximum Gasteiger partial charge on any atom is 0.252 e. The van der Waals surface area contributed by atoms with E-state index in [-0.39, 0.29) is 11.5 Å². The maximum atomic E-state index is 13.4. The molecule has 4 aromatic rings. The minimum absolute atomic E-state index is 0.205. The molecule has 2 aliphatic rings. The van der Waals surface area contributed by atoms with Crippen LogP contribution in [-0.4, -0.2) is 66.4 Å². The molecular weight excluding hydrogens is 546 g/mol. The first-order chi connectivity index (χ1) is 21.1. The van der Waals surface area contributed by atoms with Gasteiger partial charge in [0, 0.05) is 62.1 Å². The molecule has 2 aromatic carbocycles. The normalized spacial score (nSPS) is 15.4. The van der Waals surface area contributed by atoms with Crippen LogP contribution in [0.25, 0.3) is 10.9 Å². The van der Waals surface area contributed by atoms with Crippen LogP contribution in [0.3, 0.4) is 0 Å². The Labute approximate surface area is 250 Å². The topological polar surface area (TPSA) is 107 Å². The number of likely N-dealkylation sites (tertiary alicyclic amines) is 1. The van der Waals surface area contributed by atoms with Crippen LogP contribution < -0.4 is 30.4 Å². The van der Waals surface area contributed by atoms with E-state index >= 15 is 0 Å². The number of pyridine rings is 2. The van der Waals surface area contributed by atoms with Crippen molar-refractivity contribution in [3.05, 3.63) is 94.0 Å². The van der Waals surface area contributed by atoms with Crippen molar-refractivity contribution >= 4 is 16.8 Å². The van der Waals surface area contributed by atoms with E-state index in [1.54, 1.807) is 24.1 Å². The largest absolute Gasteiger partial charge is 0.497 e. The van der Waals surface area contributed by atoms with E-state index < -0.39 is 0 Å². The molecule has 0 bridgehead atoms. The highest BCUT2D eigenvalue weighted by molar-refractivity contribution is 6.06. The summed E-state index contributed by atoms with van der Waals surface area (Å²) in [6, 6.07) is 17.2. The predicted octanol–water partition coefficient (Wildman–Crippen LogP) is 3.36. The molecule has 0 unspecified atom stereocenters. The van der Waals surface area contributed by atoms with Gasteiger partial charge >= 0.3 is 0 Å². The van der Waals surface area contributed by atoms with E-state index in [0.717, 1.165) is 56.1 Å². The van der Waals surface area contributed by atoms with E-state index in [1.165, 1.54) is 11.6 Å². The number of aromatic nitrogens is 2. The van der Waals surface area contributed by atoms with Gasteiger partial charge in [0.1, 0.15) is 19.0 Å². The van der Waals surface area contributed by atoms with Gasteiger partial charge in [-0.25, -0.2) is 0 Å². The lowest BCUT2D eigenvalue weighted by Crippen LogP contribution is -2.43. The number of hydrogen-bond acceptors (Lipinski definition) is 8. The lowest BCUT2D eigenvalue weighted by Gasteiger charge is -2.32. The number of rotatable bonds is 10. The van der Waals surface area contributed by atoms with Crippen LogP contribution >= 0.6 is 0 Å². The Bertz CT molecular complexity index is 1630. The number of ether oxygens (including phenoxy) is 3. The Morgan fingerprint density at radius 1 is 0.977 bits per heavy atom. The molecule has 4 heterocycles. The van der Waals surface area contributed by atoms with Gasteiger partial charge in [0.2, 0.25) is 0 Å². The third-order valence-corrected chi connectivity index (χ3v) is 8.17. The third kappa shape index (κ3) is 6.81. The molecule has 224 valence electrons. The molecule has 0 radical (unpaired) electrons. The Morgan fingerprint density at radius 3 is 2.60 bits per heavy atom. The number of hydrogen-bond donors (Lipinski definition) is 2. The molecule has 2 aliphatic heterocycles. The monoisotopic (exact) mass is 583 g/mol. The SMILES string of the molecule is COc1ccc2c(C(=O)NCc3cccnc3)cc(=O)n(CCN3CCC(NCc4ccc5c(c4)OCCO5)CC3)c2c1. The van der Waals surface area contributed by atoms with Crippen LogP contribution in [0.4, 0.5) is 0 Å². The number of piperidine rings is 1. The Kier molecular flexibility index (Phi) is 8.85. The maximum absolute atomic E-state index is 13.4. The van der Waals surface area contributed by atoms with Crippen molar-refractivity contribution in [1.82, 2.24) is 25.1 Å². The Morgan fingerprint density at radius 2 is 1.81 bits per heavy atom. The number of carbonyl (C=O) groups is 1. The van der Waals surface area contributed by atoms with Gasteiger partial charge in [-0.05, 0) is 67.4 Å². The highest BCUT2D eigenvalue weighted by atomic mass is 16.6. The van der Waals surface area contributed by atoms with Gasteiger partial charge in [-0.3, -0.25) is 14.6 Å². The van der Waals surface area contributed by atoms with Gasteiger partial charge < -0.3 is 34.3 Å². The van der Waals surface area contributed by atoms with Crippen molar-refractivity contribution in [2.75, 3.05) is 40.0 Å². The molecule has 0 spiro atoms. The number of fused-ring (bicyclic) bond motifs is 2. The number of carbonyl (C=O) groups excluding carboxylic acids is 1. The van der Waals surface area contributed by atoms with Gasteiger partial charge in [-0.15, -0.1) is 0 Å². The predicted molar refractivity (Wildman–Crippen MR) is 164 cm³/mol. The smallest absolute Gasteiger partial charge is 0.252 e. The molecule has 0 aliphatic carbocycles. The van der Waals surface area contributed by atoms with Gasteiger partial charge in [0.25, 0.3) is 11.5 Å². The fourth-order valence-corrected chi connectivity index (χ4v) is 5.75. The van der Waals surface area contributed by atoms with E-state index in [0.29, 0.717) is 54.6 Å². The van der Waals surface area contributed by atoms with E-state index in [2.05, 4.69) is 32.7 Å². The zero-order valence-corrected chi connectivity index (χ0v) is 24.4. The van der Waals surface area contributed by atoms with Crippen LogP contribution in [-0.2, 0) is 19.6 Å². The van der Waals surface area contributed by atoms with Gasteiger partial charge in [0.05, 0.1) is 18.2 Å². The van der Waals surface area contributed by atoms with E-state index in [4.69, 9.17) is 14.2 Å². The highest BCUT2D eigenvalue weighted by Gasteiger charge is 2.21. The molecule has 1 saturated heterocycles. The molecule has 2 aromatic heterocycles. The number of nitrogens with zero attached hydrogens (tertiary/aromatic N) is 3. The van der Waals surface area contributed by atoms with Crippen molar-refractivity contribution in [2.45, 2.75) is 38.5 Å². The molecule has 1 amide bonds. The van der Waals surface area contributed by atoms with Crippen molar-refractivity contribution in [1.29, 1.82) is 0 Å². The van der Waals surface area contributed by atoms with Gasteiger partial charge in [-0.1, -0.05) is 12.1 Å². The first kappa shape index (κ1) is 28.7. The summed E-state index contributed by atoms with van der Waals surface area (Å²) in [7, 11) is 1.60. The first-order valence-electron chi connectivity index (χ1n) is 14.8. The summed E-state index contributed by atoms with van der Waals surface area (Å²) in [4.78, 5) is 33.0. The number of benzene rings is 2. The molecule has 1 fully saturated rings. The van der Waals surface area contributed by atoms with Crippen LogP contribution in [0.5, 0.6) is 17.2 Å². The van der Waals surface area contributed by atoms with Crippen LogP contribution in [0.2, 0.25) is 0 Å². The minimum Gasteiger partial charge on any atom is -0.497 e. The fourth-order valence-electron chi connectivity index (χ4n) is 5.75. The van der Waals surface area contributed by atoms with E-state index in [1.807, 2.05) is 36.4 Å². The quantitative estimate of drug-likeness (QED) is 0.293. The lowest BCUT2D eigenvalue weighted by atomic mass is 10.0.